The third kappa shape index (κ3) is 5.73. The minimum atomic E-state index is -0.926. The van der Waals surface area contributed by atoms with Crippen LogP contribution in [0.3, 0.4) is 0 Å². The lowest BCUT2D eigenvalue weighted by Gasteiger charge is -2.14. The SMILES string of the molecule is O=C(CC(O)c1cccc(-c2cccc(C(O)CC(=O)c3ccccc3)c2)c1)c1ccccc1. The van der Waals surface area contributed by atoms with E-state index in [1.165, 1.54) is 0 Å². The Labute approximate surface area is 199 Å². The molecule has 0 aliphatic heterocycles. The smallest absolute Gasteiger partial charge is 0.165 e. The molecule has 0 aromatic heterocycles. The molecule has 4 nitrogen and oxygen atoms in total. The van der Waals surface area contributed by atoms with Crippen molar-refractivity contribution in [3.63, 3.8) is 0 Å². The Kier molecular flexibility index (Phi) is 7.43. The summed E-state index contributed by atoms with van der Waals surface area (Å²) in [7, 11) is 0. The number of rotatable bonds is 9. The van der Waals surface area contributed by atoms with E-state index < -0.39 is 12.2 Å². The van der Waals surface area contributed by atoms with Crippen molar-refractivity contribution in [3.05, 3.63) is 131 Å². The van der Waals surface area contributed by atoms with Crippen molar-refractivity contribution in [2.24, 2.45) is 0 Å². The summed E-state index contributed by atoms with van der Waals surface area (Å²) in [5.74, 6) is -0.238. The van der Waals surface area contributed by atoms with Crippen LogP contribution < -0.4 is 0 Å². The van der Waals surface area contributed by atoms with E-state index in [0.29, 0.717) is 22.3 Å². The number of Topliss-reactive ketones (excluding diaryl/α,β-unsaturated/α-hetero) is 2. The first-order chi connectivity index (χ1) is 16.5. The number of carbonyl (C=O) groups excluding carboxylic acids is 2. The van der Waals surface area contributed by atoms with E-state index in [1.807, 2.05) is 48.5 Å². The third-order valence-electron chi connectivity index (χ3n) is 5.83. The summed E-state index contributed by atoms with van der Waals surface area (Å²) in [5, 5.41) is 21.4. The molecule has 4 aromatic rings. The quantitative estimate of drug-likeness (QED) is 0.308. The molecule has 0 radical (unpaired) electrons. The van der Waals surface area contributed by atoms with Crippen molar-refractivity contribution >= 4 is 11.6 Å². The summed E-state index contributed by atoms with van der Waals surface area (Å²) in [6.07, 6.45) is -1.86. The highest BCUT2D eigenvalue weighted by molar-refractivity contribution is 5.97. The molecule has 0 saturated carbocycles. The van der Waals surface area contributed by atoms with Crippen LogP contribution in [0, 0.1) is 0 Å². The minimum absolute atomic E-state index is 0.00613. The van der Waals surface area contributed by atoms with Crippen molar-refractivity contribution in [1.29, 1.82) is 0 Å². The number of aliphatic hydroxyl groups excluding tert-OH is 2. The average Bonchev–Trinajstić information content (AvgIpc) is 2.89. The Bertz CT molecular complexity index is 1160. The van der Waals surface area contributed by atoms with Crippen LogP contribution in [0.4, 0.5) is 0 Å². The molecule has 170 valence electrons. The molecule has 4 aromatic carbocycles. The zero-order valence-corrected chi connectivity index (χ0v) is 18.7. The van der Waals surface area contributed by atoms with Gasteiger partial charge in [0.25, 0.3) is 0 Å². The fourth-order valence-corrected chi connectivity index (χ4v) is 3.92. The Morgan fingerprint density at radius 1 is 0.529 bits per heavy atom. The van der Waals surface area contributed by atoms with Crippen molar-refractivity contribution < 1.29 is 19.8 Å². The summed E-state index contributed by atoms with van der Waals surface area (Å²) in [5.41, 5.74) is 4.15. The van der Waals surface area contributed by atoms with Crippen LogP contribution in [0.15, 0.2) is 109 Å². The first kappa shape index (κ1) is 23.3. The topological polar surface area (TPSA) is 74.6 Å². The van der Waals surface area contributed by atoms with Gasteiger partial charge in [0.15, 0.2) is 11.6 Å². The zero-order valence-electron chi connectivity index (χ0n) is 18.7. The van der Waals surface area contributed by atoms with Gasteiger partial charge < -0.3 is 10.2 Å². The molecule has 4 heteroatoms. The average molecular weight is 451 g/mol. The van der Waals surface area contributed by atoms with E-state index in [9.17, 15) is 19.8 Å². The van der Waals surface area contributed by atoms with Gasteiger partial charge in [-0.25, -0.2) is 0 Å². The summed E-state index contributed by atoms with van der Waals surface area (Å²) >= 11 is 0. The first-order valence-electron chi connectivity index (χ1n) is 11.2. The van der Waals surface area contributed by atoms with Crippen LogP contribution in [0.5, 0.6) is 0 Å². The van der Waals surface area contributed by atoms with Gasteiger partial charge >= 0.3 is 0 Å². The third-order valence-corrected chi connectivity index (χ3v) is 5.83. The lowest BCUT2D eigenvalue weighted by Crippen LogP contribution is -2.07. The molecule has 2 atom stereocenters. The highest BCUT2D eigenvalue weighted by Crippen LogP contribution is 2.28. The van der Waals surface area contributed by atoms with E-state index >= 15 is 0 Å². The summed E-state index contributed by atoms with van der Waals surface area (Å²) in [4.78, 5) is 25.0. The number of benzene rings is 4. The minimum Gasteiger partial charge on any atom is -0.388 e. The van der Waals surface area contributed by atoms with Gasteiger partial charge in [-0.3, -0.25) is 9.59 Å². The number of hydrogen-bond donors (Lipinski definition) is 2. The maximum Gasteiger partial charge on any atom is 0.165 e. The van der Waals surface area contributed by atoms with Crippen LogP contribution in [0.1, 0.15) is 56.9 Å². The summed E-state index contributed by atoms with van der Waals surface area (Å²) in [6.45, 7) is 0. The standard InChI is InChI=1S/C30H26O4/c31-27(21-9-3-1-4-10-21)19-29(33)25-15-7-13-23(17-25)24-14-8-16-26(18-24)30(34)20-28(32)22-11-5-2-6-12-22/h1-18,29-30,33-34H,19-20H2. The Morgan fingerprint density at radius 3 is 1.29 bits per heavy atom. The van der Waals surface area contributed by atoms with Crippen LogP contribution in [0.25, 0.3) is 11.1 Å². The lowest BCUT2D eigenvalue weighted by atomic mass is 9.94. The highest BCUT2D eigenvalue weighted by Gasteiger charge is 2.17. The van der Waals surface area contributed by atoms with Gasteiger partial charge in [-0.15, -0.1) is 0 Å². The predicted molar refractivity (Wildman–Crippen MR) is 133 cm³/mol. The fourth-order valence-electron chi connectivity index (χ4n) is 3.92. The molecule has 0 spiro atoms. The predicted octanol–water partition coefficient (Wildman–Crippen LogP) is 5.97. The van der Waals surface area contributed by atoms with Crippen LogP contribution in [-0.2, 0) is 0 Å². The molecule has 0 fully saturated rings. The summed E-state index contributed by atoms with van der Waals surface area (Å²) < 4.78 is 0. The van der Waals surface area contributed by atoms with Gasteiger partial charge in [0.05, 0.1) is 12.2 Å². The van der Waals surface area contributed by atoms with Gasteiger partial charge in [0.2, 0.25) is 0 Å². The fraction of sp³-hybridized carbons (Fsp3) is 0.133. The second kappa shape index (κ2) is 10.8. The number of hydrogen-bond acceptors (Lipinski definition) is 4. The monoisotopic (exact) mass is 450 g/mol. The number of ketones is 2. The largest absolute Gasteiger partial charge is 0.388 e. The van der Waals surface area contributed by atoms with E-state index in [4.69, 9.17) is 0 Å². The molecular weight excluding hydrogens is 424 g/mol. The Morgan fingerprint density at radius 2 is 0.912 bits per heavy atom. The van der Waals surface area contributed by atoms with E-state index in [-0.39, 0.29) is 24.4 Å². The maximum atomic E-state index is 12.5. The number of aliphatic hydroxyl groups is 2. The van der Waals surface area contributed by atoms with Crippen LogP contribution >= 0.6 is 0 Å². The Hall–Kier alpha value is -3.86. The molecule has 0 amide bonds. The van der Waals surface area contributed by atoms with Crippen molar-refractivity contribution in [2.45, 2.75) is 25.0 Å². The van der Waals surface area contributed by atoms with Crippen LogP contribution in [0.2, 0.25) is 0 Å². The molecule has 2 N–H and O–H groups in total. The van der Waals surface area contributed by atoms with Crippen LogP contribution in [-0.4, -0.2) is 21.8 Å². The molecule has 34 heavy (non-hydrogen) atoms. The molecule has 2 unspecified atom stereocenters. The van der Waals surface area contributed by atoms with Gasteiger partial charge in [-0.1, -0.05) is 97.1 Å². The molecular formula is C30H26O4. The van der Waals surface area contributed by atoms with Crippen molar-refractivity contribution in [2.75, 3.05) is 0 Å². The second-order valence-corrected chi connectivity index (χ2v) is 8.27. The normalized spacial score (nSPS) is 12.6. The molecule has 0 aliphatic rings. The molecule has 0 heterocycles. The van der Waals surface area contributed by atoms with Gasteiger partial charge in [0.1, 0.15) is 0 Å². The number of carbonyl (C=O) groups is 2. The van der Waals surface area contributed by atoms with Gasteiger partial charge in [0, 0.05) is 24.0 Å². The maximum absolute atomic E-state index is 12.5. The zero-order chi connectivity index (χ0) is 23.9. The molecule has 0 saturated heterocycles. The van der Waals surface area contributed by atoms with E-state index in [1.54, 1.807) is 60.7 Å². The first-order valence-corrected chi connectivity index (χ1v) is 11.2. The molecule has 0 bridgehead atoms. The van der Waals surface area contributed by atoms with E-state index in [2.05, 4.69) is 0 Å². The summed E-state index contributed by atoms with van der Waals surface area (Å²) in [6, 6.07) is 32.6. The molecule has 0 aliphatic carbocycles. The van der Waals surface area contributed by atoms with Gasteiger partial charge in [-0.05, 0) is 34.4 Å². The lowest BCUT2D eigenvalue weighted by molar-refractivity contribution is 0.0869. The Balaban J connectivity index is 1.48. The molecule has 4 rings (SSSR count). The van der Waals surface area contributed by atoms with Crippen molar-refractivity contribution in [1.82, 2.24) is 0 Å². The van der Waals surface area contributed by atoms with Gasteiger partial charge in [-0.2, -0.15) is 0 Å². The highest BCUT2D eigenvalue weighted by atomic mass is 16.3. The second-order valence-electron chi connectivity index (χ2n) is 8.27. The van der Waals surface area contributed by atoms with Crippen molar-refractivity contribution in [3.8, 4) is 11.1 Å². The van der Waals surface area contributed by atoms with E-state index in [0.717, 1.165) is 11.1 Å².